The molecule has 0 atom stereocenters. The predicted molar refractivity (Wildman–Crippen MR) is 85.1 cm³/mol. The van der Waals surface area contributed by atoms with Gasteiger partial charge in [0.2, 0.25) is 0 Å². The Kier molecular flexibility index (Phi) is 5.35. The van der Waals surface area contributed by atoms with Gasteiger partial charge in [0, 0.05) is 15.3 Å². The number of aryl methyl sites for hydroxylation is 1. The second-order valence-corrected chi connectivity index (χ2v) is 6.02. The van der Waals surface area contributed by atoms with E-state index < -0.39 is 11.8 Å². The van der Waals surface area contributed by atoms with E-state index in [1.54, 1.807) is 0 Å². The van der Waals surface area contributed by atoms with Crippen LogP contribution in [0, 0.1) is 12.7 Å². The van der Waals surface area contributed by atoms with Gasteiger partial charge in [0.15, 0.2) is 0 Å². The van der Waals surface area contributed by atoms with Gasteiger partial charge in [-0.3, -0.25) is 0 Å². The highest BCUT2D eigenvalue weighted by Crippen LogP contribution is 2.27. The number of carbonyl (C=O) groups is 1. The Morgan fingerprint density at radius 1 is 1.55 bits per heavy atom. The second kappa shape index (κ2) is 7.24. The first-order valence-corrected chi connectivity index (χ1v) is 7.41. The molecule has 0 bridgehead atoms. The highest BCUT2D eigenvalue weighted by Gasteiger charge is 2.08. The van der Waals surface area contributed by atoms with E-state index in [1.165, 1.54) is 35.8 Å². The maximum Gasteiger partial charge on any atom is 0.332 e. The number of nitrogens with two attached hydrogens (primary N) is 1. The van der Waals surface area contributed by atoms with E-state index in [0.717, 1.165) is 15.3 Å². The van der Waals surface area contributed by atoms with Gasteiger partial charge in [-0.15, -0.1) is 11.3 Å². The summed E-state index contributed by atoms with van der Waals surface area (Å²) in [5, 5.41) is 3.92. The quantitative estimate of drug-likeness (QED) is 0.645. The maximum atomic E-state index is 13.0. The van der Waals surface area contributed by atoms with Crippen molar-refractivity contribution in [3.05, 3.63) is 50.4 Å². The third-order valence-electron chi connectivity index (χ3n) is 2.68. The zero-order valence-corrected chi connectivity index (χ0v) is 13.2. The largest absolute Gasteiger partial charge is 0.487 e. The summed E-state index contributed by atoms with van der Waals surface area (Å²) >= 11 is 7.40. The number of halogens is 2. The van der Waals surface area contributed by atoms with E-state index in [1.807, 2.05) is 13.0 Å². The molecule has 116 valence electrons. The van der Waals surface area contributed by atoms with Gasteiger partial charge in [-0.2, -0.15) is 5.10 Å². The van der Waals surface area contributed by atoms with Crippen LogP contribution < -0.4 is 15.9 Å². The average Bonchev–Trinajstić information content (AvgIpc) is 2.78. The molecule has 0 saturated carbocycles. The first-order valence-electron chi connectivity index (χ1n) is 6.21. The molecule has 8 heteroatoms. The number of ether oxygens (including phenoxy) is 1. The molecule has 0 spiro atoms. The van der Waals surface area contributed by atoms with E-state index in [9.17, 15) is 9.18 Å². The zero-order chi connectivity index (χ0) is 16.1. The predicted octanol–water partition coefficient (Wildman–Crippen LogP) is 3.43. The number of urea groups is 1. The SMILES string of the molecule is Cc1sc(C=NNC(N)=O)cc1COc1ccc(F)cc1Cl. The summed E-state index contributed by atoms with van der Waals surface area (Å²) < 4.78 is 18.6. The molecular formula is C14H13ClFN3O2S. The molecule has 1 aromatic carbocycles. The number of hydrogen-bond donors (Lipinski definition) is 2. The molecule has 2 aromatic rings. The maximum absolute atomic E-state index is 13.0. The topological polar surface area (TPSA) is 76.7 Å². The van der Waals surface area contributed by atoms with Gasteiger partial charge in [-0.05, 0) is 31.2 Å². The van der Waals surface area contributed by atoms with Crippen molar-refractivity contribution in [3.63, 3.8) is 0 Å². The number of rotatable bonds is 5. The Morgan fingerprint density at radius 3 is 3.00 bits per heavy atom. The molecule has 1 aromatic heterocycles. The number of hydrogen-bond acceptors (Lipinski definition) is 4. The first-order chi connectivity index (χ1) is 10.5. The van der Waals surface area contributed by atoms with Crippen LogP contribution in [0.3, 0.4) is 0 Å². The van der Waals surface area contributed by atoms with E-state index >= 15 is 0 Å². The summed E-state index contributed by atoms with van der Waals surface area (Å²) in [5.74, 6) is 0.00351. The van der Waals surface area contributed by atoms with E-state index in [4.69, 9.17) is 22.1 Å². The van der Waals surface area contributed by atoms with Crippen molar-refractivity contribution in [2.75, 3.05) is 0 Å². The summed E-state index contributed by atoms with van der Waals surface area (Å²) in [6, 6.07) is 5.13. The van der Waals surface area contributed by atoms with Crippen molar-refractivity contribution in [2.45, 2.75) is 13.5 Å². The number of nitrogens with one attached hydrogen (secondary N) is 1. The smallest absolute Gasteiger partial charge is 0.332 e. The van der Waals surface area contributed by atoms with Crippen molar-refractivity contribution in [3.8, 4) is 5.75 Å². The standard InChI is InChI=1S/C14H13ClFN3O2S/c1-8-9(4-11(22-8)6-18-19-14(17)20)7-21-13-3-2-10(16)5-12(13)15/h2-6H,7H2,1H3,(H3,17,19,20). The number of amides is 2. The Balaban J connectivity index is 2.02. The number of nitrogens with zero attached hydrogens (tertiary/aromatic N) is 1. The fourth-order valence-corrected chi connectivity index (χ4v) is 2.79. The molecule has 0 aliphatic carbocycles. The molecule has 3 N–H and O–H groups in total. The summed E-state index contributed by atoms with van der Waals surface area (Å²) in [6.07, 6.45) is 1.50. The minimum absolute atomic E-state index is 0.223. The van der Waals surface area contributed by atoms with E-state index in [0.29, 0.717) is 12.4 Å². The molecule has 1 heterocycles. The molecule has 0 aliphatic rings. The average molecular weight is 342 g/mol. The lowest BCUT2D eigenvalue weighted by atomic mass is 10.2. The Hall–Kier alpha value is -2.12. The number of benzene rings is 1. The van der Waals surface area contributed by atoms with Gasteiger partial charge >= 0.3 is 6.03 Å². The summed E-state index contributed by atoms with van der Waals surface area (Å²) in [6.45, 7) is 2.24. The molecular weight excluding hydrogens is 329 g/mol. The summed E-state index contributed by atoms with van der Waals surface area (Å²) in [4.78, 5) is 12.4. The molecule has 0 saturated heterocycles. The monoisotopic (exact) mass is 341 g/mol. The van der Waals surface area contributed by atoms with Gasteiger partial charge in [0.25, 0.3) is 0 Å². The highest BCUT2D eigenvalue weighted by atomic mass is 35.5. The zero-order valence-electron chi connectivity index (χ0n) is 11.6. The third-order valence-corrected chi connectivity index (χ3v) is 4.01. The van der Waals surface area contributed by atoms with Gasteiger partial charge < -0.3 is 10.5 Å². The van der Waals surface area contributed by atoms with Gasteiger partial charge in [-0.25, -0.2) is 14.6 Å². The lowest BCUT2D eigenvalue weighted by Crippen LogP contribution is -2.24. The normalized spacial score (nSPS) is 10.9. The minimum atomic E-state index is -0.723. The highest BCUT2D eigenvalue weighted by molar-refractivity contribution is 7.13. The van der Waals surface area contributed by atoms with E-state index in [-0.39, 0.29) is 5.02 Å². The second-order valence-electron chi connectivity index (χ2n) is 4.33. The van der Waals surface area contributed by atoms with Crippen LogP contribution in [0.4, 0.5) is 9.18 Å². The van der Waals surface area contributed by atoms with Crippen LogP contribution in [0.2, 0.25) is 5.02 Å². The summed E-state index contributed by atoms with van der Waals surface area (Å²) in [5.41, 5.74) is 7.98. The number of hydrazone groups is 1. The number of thiophene rings is 1. The van der Waals surface area contributed by atoms with Crippen LogP contribution in [0.1, 0.15) is 15.3 Å². The lowest BCUT2D eigenvalue weighted by Gasteiger charge is -2.07. The molecule has 2 rings (SSSR count). The molecule has 0 fully saturated rings. The minimum Gasteiger partial charge on any atom is -0.487 e. The molecule has 0 aliphatic heterocycles. The third kappa shape index (κ3) is 4.44. The van der Waals surface area contributed by atoms with Crippen molar-refractivity contribution >= 4 is 35.2 Å². The Bertz CT molecular complexity index is 718. The van der Waals surface area contributed by atoms with Crippen molar-refractivity contribution < 1.29 is 13.9 Å². The van der Waals surface area contributed by atoms with E-state index in [2.05, 4.69) is 10.5 Å². The Morgan fingerprint density at radius 2 is 2.32 bits per heavy atom. The van der Waals surface area contributed by atoms with Crippen LogP contribution in [0.25, 0.3) is 0 Å². The van der Waals surface area contributed by atoms with Gasteiger partial charge in [-0.1, -0.05) is 11.6 Å². The van der Waals surface area contributed by atoms with Crippen molar-refractivity contribution in [2.24, 2.45) is 10.8 Å². The number of carbonyl (C=O) groups excluding carboxylic acids is 1. The number of primary amides is 1. The Labute approximate surface area is 135 Å². The fraction of sp³-hybridized carbons (Fsp3) is 0.143. The molecule has 5 nitrogen and oxygen atoms in total. The van der Waals surface area contributed by atoms with Crippen molar-refractivity contribution in [1.82, 2.24) is 5.43 Å². The lowest BCUT2D eigenvalue weighted by molar-refractivity contribution is 0.249. The molecule has 0 unspecified atom stereocenters. The first kappa shape index (κ1) is 16.3. The van der Waals surface area contributed by atoms with Crippen LogP contribution in [0.5, 0.6) is 5.75 Å². The molecule has 2 amide bonds. The van der Waals surface area contributed by atoms with Crippen LogP contribution >= 0.6 is 22.9 Å². The van der Waals surface area contributed by atoms with Crippen molar-refractivity contribution in [1.29, 1.82) is 0 Å². The van der Waals surface area contributed by atoms with Gasteiger partial charge in [0.05, 0.1) is 11.2 Å². The molecule has 22 heavy (non-hydrogen) atoms. The van der Waals surface area contributed by atoms with Crippen LogP contribution in [-0.2, 0) is 6.61 Å². The summed E-state index contributed by atoms with van der Waals surface area (Å²) in [7, 11) is 0. The van der Waals surface area contributed by atoms with Crippen LogP contribution in [-0.4, -0.2) is 12.2 Å². The molecule has 0 radical (unpaired) electrons. The van der Waals surface area contributed by atoms with Crippen LogP contribution in [0.15, 0.2) is 29.4 Å². The van der Waals surface area contributed by atoms with Gasteiger partial charge in [0.1, 0.15) is 18.2 Å². The fourth-order valence-electron chi connectivity index (χ4n) is 1.66.